The molecule has 0 radical (unpaired) electrons. The van der Waals surface area contributed by atoms with Gasteiger partial charge in [0.15, 0.2) is 0 Å². The molecule has 0 amide bonds. The van der Waals surface area contributed by atoms with Crippen LogP contribution < -0.4 is 0 Å². The zero-order valence-corrected chi connectivity index (χ0v) is 15.9. The van der Waals surface area contributed by atoms with E-state index in [0.29, 0.717) is 0 Å². The van der Waals surface area contributed by atoms with Crippen LogP contribution in [0.4, 0.5) is 4.39 Å². The van der Waals surface area contributed by atoms with Gasteiger partial charge in [-0.1, -0.05) is 18.2 Å². The average molecular weight is 397 g/mol. The highest BCUT2D eigenvalue weighted by molar-refractivity contribution is 7.90. The Labute approximate surface area is 161 Å². The Morgan fingerprint density at radius 2 is 1.82 bits per heavy atom. The lowest BCUT2D eigenvalue weighted by Gasteiger charge is -2.12. The second-order valence-corrected chi connectivity index (χ2v) is 8.05. The lowest BCUT2D eigenvalue weighted by atomic mass is 10.1. The molecule has 0 unspecified atom stereocenters. The second-order valence-electron chi connectivity index (χ2n) is 6.26. The third kappa shape index (κ3) is 3.40. The van der Waals surface area contributed by atoms with E-state index in [4.69, 9.17) is 0 Å². The normalized spacial score (nSPS) is 12.0. The fourth-order valence-corrected chi connectivity index (χ4v) is 4.34. The molecule has 8 heteroatoms. The number of benzene rings is 2. The smallest absolute Gasteiger partial charge is 0.268 e. The predicted molar refractivity (Wildman–Crippen MR) is 103 cm³/mol. The number of hydrogen-bond donors (Lipinski definition) is 0. The Balaban J connectivity index is 2.34. The number of nitrogens with zero attached hydrogens (tertiary/aromatic N) is 3. The molecule has 0 saturated heterocycles. The summed E-state index contributed by atoms with van der Waals surface area (Å²) >= 11 is 0. The van der Waals surface area contributed by atoms with Crippen LogP contribution in [0.5, 0.6) is 0 Å². The summed E-state index contributed by atoms with van der Waals surface area (Å²) < 4.78 is 41.1. The van der Waals surface area contributed by atoms with Crippen molar-refractivity contribution in [1.82, 2.24) is 8.87 Å². The standard InChI is InChI=1S/C20H16FN3O3S/c1-23(2)13-15(12-22)20(25)19-11-14-10-16(21)8-9-18(14)24(19)28(26,27)17-6-4-3-5-7-17/h3-11,13H,1-2H3/b15-13-. The molecule has 3 aromatic rings. The summed E-state index contributed by atoms with van der Waals surface area (Å²) in [6.45, 7) is 0. The minimum absolute atomic E-state index is 0.0269. The number of hydrogen-bond acceptors (Lipinski definition) is 5. The number of nitriles is 1. The molecular formula is C20H16FN3O3S. The molecule has 0 fully saturated rings. The van der Waals surface area contributed by atoms with Gasteiger partial charge in [-0.25, -0.2) is 16.8 Å². The number of carbonyl (C=O) groups excluding carboxylic acids is 1. The van der Waals surface area contributed by atoms with Crippen LogP contribution in [0.15, 0.2) is 71.3 Å². The molecule has 0 N–H and O–H groups in total. The number of Topliss-reactive ketones (excluding diaryl/α,β-unsaturated/α-hetero) is 1. The summed E-state index contributed by atoms with van der Waals surface area (Å²) in [6.07, 6.45) is 1.31. The van der Waals surface area contributed by atoms with Gasteiger partial charge in [-0.2, -0.15) is 5.26 Å². The highest BCUT2D eigenvalue weighted by atomic mass is 32.2. The van der Waals surface area contributed by atoms with Crippen molar-refractivity contribution < 1.29 is 17.6 Å². The molecule has 0 saturated carbocycles. The maximum atomic E-state index is 13.7. The number of carbonyl (C=O) groups is 1. The SMILES string of the molecule is CN(C)/C=C(/C#N)C(=O)c1cc2cc(F)ccc2n1S(=O)(=O)c1ccccc1. The van der Waals surface area contributed by atoms with Crippen molar-refractivity contribution in [3.05, 3.63) is 77.9 Å². The lowest BCUT2D eigenvalue weighted by Crippen LogP contribution is -2.20. The van der Waals surface area contributed by atoms with E-state index < -0.39 is 21.6 Å². The van der Waals surface area contributed by atoms with Gasteiger partial charge in [-0.15, -0.1) is 0 Å². The van der Waals surface area contributed by atoms with Crippen molar-refractivity contribution in [3.8, 4) is 6.07 Å². The molecule has 2 aromatic carbocycles. The lowest BCUT2D eigenvalue weighted by molar-refractivity contribution is 0.103. The fraction of sp³-hybridized carbons (Fsp3) is 0.100. The summed E-state index contributed by atoms with van der Waals surface area (Å²) in [5.41, 5.74) is -0.326. The van der Waals surface area contributed by atoms with Crippen molar-refractivity contribution in [1.29, 1.82) is 5.26 Å². The molecule has 0 aliphatic rings. The minimum atomic E-state index is -4.16. The van der Waals surface area contributed by atoms with Crippen molar-refractivity contribution >= 4 is 26.7 Å². The van der Waals surface area contributed by atoms with E-state index >= 15 is 0 Å². The minimum Gasteiger partial charge on any atom is -0.382 e. The van der Waals surface area contributed by atoms with Gasteiger partial charge in [0.2, 0.25) is 5.78 Å². The molecule has 0 aliphatic heterocycles. The van der Waals surface area contributed by atoms with Gasteiger partial charge in [0.05, 0.1) is 10.4 Å². The van der Waals surface area contributed by atoms with Crippen LogP contribution in [0, 0.1) is 17.1 Å². The van der Waals surface area contributed by atoms with Crippen molar-refractivity contribution in [2.75, 3.05) is 14.1 Å². The topological polar surface area (TPSA) is 83.2 Å². The molecular weight excluding hydrogens is 381 g/mol. The van der Waals surface area contributed by atoms with E-state index in [1.54, 1.807) is 38.4 Å². The molecule has 6 nitrogen and oxygen atoms in total. The maximum absolute atomic E-state index is 13.7. The number of ketones is 1. The first-order valence-electron chi connectivity index (χ1n) is 8.20. The van der Waals surface area contributed by atoms with E-state index in [2.05, 4.69) is 0 Å². The van der Waals surface area contributed by atoms with Crippen molar-refractivity contribution in [3.63, 3.8) is 0 Å². The van der Waals surface area contributed by atoms with E-state index in [9.17, 15) is 22.9 Å². The predicted octanol–water partition coefficient (Wildman–Crippen LogP) is 3.17. The zero-order chi connectivity index (χ0) is 20.5. The van der Waals surface area contributed by atoms with Crippen LogP contribution in [-0.4, -0.2) is 37.2 Å². The number of aromatic nitrogens is 1. The molecule has 1 heterocycles. The summed E-state index contributed by atoms with van der Waals surface area (Å²) in [7, 11) is -0.887. The molecule has 0 atom stereocenters. The molecule has 1 aromatic heterocycles. The van der Waals surface area contributed by atoms with Crippen LogP contribution in [0.25, 0.3) is 10.9 Å². The number of halogens is 1. The highest BCUT2D eigenvalue weighted by Crippen LogP contribution is 2.28. The molecule has 0 bridgehead atoms. The third-order valence-corrected chi connectivity index (χ3v) is 5.73. The third-order valence-electron chi connectivity index (χ3n) is 3.99. The monoisotopic (exact) mass is 397 g/mol. The van der Waals surface area contributed by atoms with E-state index in [-0.39, 0.29) is 27.1 Å². The van der Waals surface area contributed by atoms with Gasteiger partial charge in [0, 0.05) is 25.7 Å². The maximum Gasteiger partial charge on any atom is 0.268 e. The van der Waals surface area contributed by atoms with E-state index in [1.807, 2.05) is 0 Å². The van der Waals surface area contributed by atoms with Crippen LogP contribution in [0.2, 0.25) is 0 Å². The van der Waals surface area contributed by atoms with Gasteiger partial charge < -0.3 is 4.90 Å². The average Bonchev–Trinajstić information content (AvgIpc) is 3.05. The van der Waals surface area contributed by atoms with E-state index in [0.717, 1.165) is 16.1 Å². The Morgan fingerprint density at radius 1 is 1.14 bits per heavy atom. The number of rotatable bonds is 5. The van der Waals surface area contributed by atoms with E-state index in [1.165, 1.54) is 35.4 Å². The van der Waals surface area contributed by atoms with Gasteiger partial charge in [-0.3, -0.25) is 4.79 Å². The van der Waals surface area contributed by atoms with Crippen LogP contribution in [-0.2, 0) is 10.0 Å². The zero-order valence-electron chi connectivity index (χ0n) is 15.1. The Kier molecular flexibility index (Phi) is 5.03. The quantitative estimate of drug-likeness (QED) is 0.375. The largest absolute Gasteiger partial charge is 0.382 e. The molecule has 142 valence electrons. The van der Waals surface area contributed by atoms with Gasteiger partial charge in [0.25, 0.3) is 10.0 Å². The van der Waals surface area contributed by atoms with Gasteiger partial charge in [-0.05, 0) is 36.4 Å². The Hall–Kier alpha value is -3.44. The summed E-state index contributed by atoms with van der Waals surface area (Å²) in [6, 6.07) is 14.2. The summed E-state index contributed by atoms with van der Waals surface area (Å²) in [5.74, 6) is -1.34. The molecule has 0 spiro atoms. The van der Waals surface area contributed by atoms with Crippen molar-refractivity contribution in [2.45, 2.75) is 4.90 Å². The highest BCUT2D eigenvalue weighted by Gasteiger charge is 2.28. The first-order chi connectivity index (χ1) is 13.3. The molecule has 0 aliphatic carbocycles. The van der Waals surface area contributed by atoms with Gasteiger partial charge >= 0.3 is 0 Å². The fourth-order valence-electron chi connectivity index (χ4n) is 2.81. The van der Waals surface area contributed by atoms with Gasteiger partial charge in [0.1, 0.15) is 23.2 Å². The number of allylic oxidation sites excluding steroid dienone is 1. The second kappa shape index (κ2) is 7.29. The number of fused-ring (bicyclic) bond motifs is 1. The first-order valence-corrected chi connectivity index (χ1v) is 9.64. The summed E-state index contributed by atoms with van der Waals surface area (Å²) in [5, 5.41) is 9.59. The molecule has 28 heavy (non-hydrogen) atoms. The first kappa shape index (κ1) is 19.3. The Bertz CT molecular complexity index is 1240. The van der Waals surface area contributed by atoms with Crippen molar-refractivity contribution in [2.24, 2.45) is 0 Å². The summed E-state index contributed by atoms with van der Waals surface area (Å²) in [4.78, 5) is 14.5. The molecule has 3 rings (SSSR count). The van der Waals surface area contributed by atoms with Crippen LogP contribution in [0.1, 0.15) is 10.5 Å². The van der Waals surface area contributed by atoms with Crippen LogP contribution in [0.3, 0.4) is 0 Å². The van der Waals surface area contributed by atoms with Crippen LogP contribution >= 0.6 is 0 Å². The Morgan fingerprint density at radius 3 is 2.43 bits per heavy atom.